The third kappa shape index (κ3) is 4.18. The minimum atomic E-state index is -0.567. The molecule has 8 heteroatoms. The summed E-state index contributed by atoms with van der Waals surface area (Å²) in [6, 6.07) is 13.6. The number of hydrogen-bond donors (Lipinski definition) is 1. The van der Waals surface area contributed by atoms with E-state index in [4.69, 9.17) is 4.74 Å². The van der Waals surface area contributed by atoms with Gasteiger partial charge in [-0.25, -0.2) is 0 Å². The molecule has 3 aromatic rings. The minimum absolute atomic E-state index is 0.176. The molecule has 0 saturated carbocycles. The number of nitrogens with one attached hydrogen (secondary N) is 1. The van der Waals surface area contributed by atoms with Crippen LogP contribution in [0.15, 0.2) is 54.7 Å². The van der Waals surface area contributed by atoms with Gasteiger partial charge in [0.05, 0.1) is 5.56 Å². The van der Waals surface area contributed by atoms with Gasteiger partial charge >= 0.3 is 5.97 Å². The standard InChI is InChI=1S/C23H21N3O5/c1-15(27)31-17-8-6-16(7-9-17)22(29)25-10-12-26(13-11-25)23(30)21(28)19-14-24-20-5-3-2-4-18(19)20/h2-9,14,24H,10-13H2,1H3. The Hall–Kier alpha value is -3.94. The molecule has 1 fully saturated rings. The third-order valence-electron chi connectivity index (χ3n) is 5.25. The number of ketones is 1. The lowest BCUT2D eigenvalue weighted by atomic mass is 10.1. The van der Waals surface area contributed by atoms with Crippen molar-refractivity contribution in [2.24, 2.45) is 0 Å². The van der Waals surface area contributed by atoms with Gasteiger partial charge in [0.1, 0.15) is 5.75 Å². The molecule has 1 aliphatic heterocycles. The smallest absolute Gasteiger partial charge is 0.308 e. The number of benzene rings is 2. The Morgan fingerprint density at radius 1 is 0.871 bits per heavy atom. The predicted octanol–water partition coefficient (Wildman–Crippen LogP) is 2.26. The number of fused-ring (bicyclic) bond motifs is 1. The number of carbonyl (C=O) groups excluding carboxylic acids is 4. The van der Waals surface area contributed by atoms with E-state index in [1.807, 2.05) is 18.2 Å². The monoisotopic (exact) mass is 419 g/mol. The van der Waals surface area contributed by atoms with E-state index in [1.165, 1.54) is 11.8 Å². The maximum atomic E-state index is 12.7. The number of para-hydroxylation sites is 1. The van der Waals surface area contributed by atoms with Gasteiger partial charge in [0.2, 0.25) is 0 Å². The van der Waals surface area contributed by atoms with Crippen LogP contribution in [-0.4, -0.2) is 64.5 Å². The predicted molar refractivity (Wildman–Crippen MR) is 113 cm³/mol. The first-order valence-electron chi connectivity index (χ1n) is 9.91. The fourth-order valence-electron chi connectivity index (χ4n) is 3.64. The van der Waals surface area contributed by atoms with Gasteiger partial charge in [-0.2, -0.15) is 0 Å². The highest BCUT2D eigenvalue weighted by molar-refractivity contribution is 6.44. The second kappa shape index (κ2) is 8.43. The summed E-state index contributed by atoms with van der Waals surface area (Å²) in [6.45, 7) is 2.53. The van der Waals surface area contributed by atoms with Crippen LogP contribution in [0.4, 0.5) is 0 Å². The topological polar surface area (TPSA) is 99.8 Å². The van der Waals surface area contributed by atoms with Crippen molar-refractivity contribution < 1.29 is 23.9 Å². The Balaban J connectivity index is 1.37. The average molecular weight is 419 g/mol. The van der Waals surface area contributed by atoms with Crippen LogP contribution in [0.25, 0.3) is 10.9 Å². The summed E-state index contributed by atoms with van der Waals surface area (Å²) in [5.74, 6) is -1.36. The van der Waals surface area contributed by atoms with E-state index in [2.05, 4.69) is 4.98 Å². The van der Waals surface area contributed by atoms with Crippen molar-refractivity contribution in [2.45, 2.75) is 6.92 Å². The number of H-pyrrole nitrogens is 1. The Bertz CT molecular complexity index is 1160. The lowest BCUT2D eigenvalue weighted by Crippen LogP contribution is -2.52. The van der Waals surface area contributed by atoms with Gasteiger partial charge < -0.3 is 19.5 Å². The van der Waals surface area contributed by atoms with Crippen LogP contribution in [0.5, 0.6) is 5.75 Å². The molecule has 0 spiro atoms. The summed E-state index contributed by atoms with van der Waals surface area (Å²) in [7, 11) is 0. The van der Waals surface area contributed by atoms with E-state index in [-0.39, 0.29) is 19.0 Å². The number of aromatic amines is 1. The molecular formula is C23H21N3O5. The Morgan fingerprint density at radius 2 is 1.52 bits per heavy atom. The zero-order chi connectivity index (χ0) is 22.0. The SMILES string of the molecule is CC(=O)Oc1ccc(C(=O)N2CCN(C(=O)C(=O)c3c[nH]c4ccccc34)CC2)cc1. The molecule has 1 saturated heterocycles. The first-order chi connectivity index (χ1) is 14.9. The summed E-state index contributed by atoms with van der Waals surface area (Å²) >= 11 is 0. The lowest BCUT2D eigenvalue weighted by Gasteiger charge is -2.34. The maximum Gasteiger partial charge on any atom is 0.308 e. The number of Topliss-reactive ketones (excluding diaryl/α,β-unsaturated/α-hetero) is 1. The fourth-order valence-corrected chi connectivity index (χ4v) is 3.64. The van der Waals surface area contributed by atoms with Gasteiger partial charge in [-0.15, -0.1) is 0 Å². The Labute approximate surface area is 178 Å². The number of nitrogens with zero attached hydrogens (tertiary/aromatic N) is 2. The molecule has 1 aromatic heterocycles. The van der Waals surface area contributed by atoms with Crippen LogP contribution < -0.4 is 4.74 Å². The van der Waals surface area contributed by atoms with Gasteiger partial charge in [0.15, 0.2) is 0 Å². The molecule has 1 aliphatic rings. The van der Waals surface area contributed by atoms with E-state index >= 15 is 0 Å². The molecule has 8 nitrogen and oxygen atoms in total. The largest absolute Gasteiger partial charge is 0.427 e. The van der Waals surface area contributed by atoms with Crippen LogP contribution in [0, 0.1) is 0 Å². The van der Waals surface area contributed by atoms with Gasteiger partial charge in [-0.3, -0.25) is 19.2 Å². The van der Waals surface area contributed by atoms with Crippen LogP contribution in [0.2, 0.25) is 0 Å². The number of amides is 2. The third-order valence-corrected chi connectivity index (χ3v) is 5.25. The summed E-state index contributed by atoms with van der Waals surface area (Å²) in [5, 5.41) is 0.715. The number of aromatic nitrogens is 1. The van der Waals surface area contributed by atoms with Crippen molar-refractivity contribution in [3.05, 3.63) is 65.9 Å². The zero-order valence-electron chi connectivity index (χ0n) is 17.0. The van der Waals surface area contributed by atoms with Gasteiger partial charge in [-0.1, -0.05) is 18.2 Å². The van der Waals surface area contributed by atoms with E-state index in [0.29, 0.717) is 35.4 Å². The normalized spacial score (nSPS) is 13.8. The molecule has 2 amide bonds. The molecule has 1 N–H and O–H groups in total. The number of esters is 1. The maximum absolute atomic E-state index is 12.7. The number of hydrogen-bond acceptors (Lipinski definition) is 5. The second-order valence-corrected chi connectivity index (χ2v) is 7.28. The molecule has 0 unspecified atom stereocenters. The van der Waals surface area contributed by atoms with Crippen molar-refractivity contribution in [2.75, 3.05) is 26.2 Å². The summed E-state index contributed by atoms with van der Waals surface area (Å²) < 4.78 is 4.97. The number of ether oxygens (including phenoxy) is 1. The van der Waals surface area contributed by atoms with E-state index in [9.17, 15) is 19.2 Å². The zero-order valence-corrected chi connectivity index (χ0v) is 17.0. The molecule has 2 heterocycles. The summed E-state index contributed by atoms with van der Waals surface area (Å²) in [4.78, 5) is 55.3. The summed E-state index contributed by atoms with van der Waals surface area (Å²) in [5.41, 5.74) is 1.62. The summed E-state index contributed by atoms with van der Waals surface area (Å²) in [6.07, 6.45) is 1.56. The van der Waals surface area contributed by atoms with Crippen LogP contribution in [0.1, 0.15) is 27.6 Å². The van der Waals surface area contributed by atoms with Crippen molar-refractivity contribution in [1.82, 2.24) is 14.8 Å². The van der Waals surface area contributed by atoms with E-state index in [1.54, 1.807) is 41.4 Å². The van der Waals surface area contributed by atoms with Gasteiger partial charge in [-0.05, 0) is 30.3 Å². The number of rotatable bonds is 4. The van der Waals surface area contributed by atoms with Gasteiger partial charge in [0, 0.05) is 55.8 Å². The molecule has 0 atom stereocenters. The van der Waals surface area contributed by atoms with E-state index < -0.39 is 17.7 Å². The average Bonchev–Trinajstić information content (AvgIpc) is 3.22. The van der Waals surface area contributed by atoms with E-state index in [0.717, 1.165) is 5.52 Å². The first kappa shape index (κ1) is 20.3. The molecule has 158 valence electrons. The molecule has 0 bridgehead atoms. The van der Waals surface area contributed by atoms with Crippen molar-refractivity contribution in [3.8, 4) is 5.75 Å². The molecule has 0 radical (unpaired) electrons. The second-order valence-electron chi connectivity index (χ2n) is 7.28. The molecular weight excluding hydrogens is 398 g/mol. The highest BCUT2D eigenvalue weighted by Gasteiger charge is 2.30. The molecule has 2 aromatic carbocycles. The fraction of sp³-hybridized carbons (Fsp3) is 0.217. The lowest BCUT2D eigenvalue weighted by molar-refractivity contribution is -0.132. The Morgan fingerprint density at radius 3 is 2.19 bits per heavy atom. The molecule has 4 rings (SSSR count). The molecule has 0 aliphatic carbocycles. The van der Waals surface area contributed by atoms with Crippen LogP contribution >= 0.6 is 0 Å². The van der Waals surface area contributed by atoms with Crippen LogP contribution in [-0.2, 0) is 9.59 Å². The van der Waals surface area contributed by atoms with Crippen molar-refractivity contribution in [1.29, 1.82) is 0 Å². The van der Waals surface area contributed by atoms with Crippen molar-refractivity contribution in [3.63, 3.8) is 0 Å². The minimum Gasteiger partial charge on any atom is -0.427 e. The highest BCUT2D eigenvalue weighted by Crippen LogP contribution is 2.20. The Kier molecular flexibility index (Phi) is 5.53. The number of carbonyl (C=O) groups is 4. The van der Waals surface area contributed by atoms with Crippen LogP contribution in [0.3, 0.4) is 0 Å². The highest BCUT2D eigenvalue weighted by atomic mass is 16.5. The van der Waals surface area contributed by atoms with Gasteiger partial charge in [0.25, 0.3) is 17.6 Å². The quantitative estimate of drug-likeness (QED) is 0.303. The molecule has 31 heavy (non-hydrogen) atoms. The van der Waals surface area contributed by atoms with Crippen molar-refractivity contribution >= 4 is 34.5 Å². The first-order valence-corrected chi connectivity index (χ1v) is 9.91. The number of piperazine rings is 1.